The Balaban J connectivity index is 2.65. The fourth-order valence-electron chi connectivity index (χ4n) is 1.47. The normalized spacial score (nSPS) is 10.3. The monoisotopic (exact) mass is 251 g/mol. The number of nitro groups is 1. The summed E-state index contributed by atoms with van der Waals surface area (Å²) in [4.78, 5) is 13.9. The lowest BCUT2D eigenvalue weighted by atomic mass is 10.1. The van der Waals surface area contributed by atoms with Gasteiger partial charge in [-0.2, -0.15) is 0 Å². The Kier molecular flexibility index (Phi) is 2.88. The molecule has 0 atom stereocenters. The van der Waals surface area contributed by atoms with E-state index < -0.39 is 16.6 Å². The van der Waals surface area contributed by atoms with Gasteiger partial charge < -0.3 is 5.73 Å². The van der Waals surface area contributed by atoms with Crippen LogP contribution in [0.2, 0.25) is 0 Å². The van der Waals surface area contributed by atoms with E-state index >= 15 is 0 Å². The molecule has 1 heterocycles. The maximum atomic E-state index is 13.1. The van der Waals surface area contributed by atoms with Crippen LogP contribution in [0.3, 0.4) is 0 Å². The SMILES string of the molecule is Nc1ccc([N+](=O)[O-])c(-c2ccc(F)c(F)c2)n1. The molecule has 0 spiro atoms. The zero-order valence-electron chi connectivity index (χ0n) is 8.93. The van der Waals surface area contributed by atoms with Crippen molar-refractivity contribution < 1.29 is 13.7 Å². The summed E-state index contributed by atoms with van der Waals surface area (Å²) >= 11 is 0. The van der Waals surface area contributed by atoms with E-state index in [1.54, 1.807) is 0 Å². The van der Waals surface area contributed by atoms with Gasteiger partial charge in [0, 0.05) is 11.6 Å². The Labute approximate surface area is 100 Å². The molecule has 1 aromatic carbocycles. The summed E-state index contributed by atoms with van der Waals surface area (Å²) < 4.78 is 25.9. The first-order valence-corrected chi connectivity index (χ1v) is 4.85. The summed E-state index contributed by atoms with van der Waals surface area (Å²) in [6.07, 6.45) is 0. The molecular formula is C11H7F2N3O2. The average molecular weight is 251 g/mol. The van der Waals surface area contributed by atoms with Gasteiger partial charge >= 0.3 is 0 Å². The molecule has 7 heteroatoms. The maximum Gasteiger partial charge on any atom is 0.295 e. The van der Waals surface area contributed by atoms with Crippen LogP contribution in [0.1, 0.15) is 0 Å². The third-order valence-corrected chi connectivity index (χ3v) is 2.29. The van der Waals surface area contributed by atoms with Crippen molar-refractivity contribution in [2.24, 2.45) is 0 Å². The van der Waals surface area contributed by atoms with Crippen LogP contribution in [0.15, 0.2) is 30.3 Å². The van der Waals surface area contributed by atoms with Crippen molar-refractivity contribution >= 4 is 11.5 Å². The molecule has 0 unspecified atom stereocenters. The molecule has 92 valence electrons. The number of nitrogens with two attached hydrogens (primary N) is 1. The van der Waals surface area contributed by atoms with Crippen LogP contribution >= 0.6 is 0 Å². The van der Waals surface area contributed by atoms with Crippen molar-refractivity contribution in [3.8, 4) is 11.3 Å². The smallest absolute Gasteiger partial charge is 0.295 e. The standard InChI is InChI=1S/C11H7F2N3O2/c12-7-2-1-6(5-8(7)13)11-9(16(17)18)3-4-10(14)15-11/h1-5H,(H2,14,15). The third kappa shape index (κ3) is 2.10. The Hall–Kier alpha value is -2.57. The van der Waals surface area contributed by atoms with Gasteiger partial charge in [0.1, 0.15) is 5.82 Å². The molecule has 0 saturated heterocycles. The number of rotatable bonds is 2. The van der Waals surface area contributed by atoms with Crippen LogP contribution in [-0.4, -0.2) is 9.91 Å². The van der Waals surface area contributed by atoms with Crippen molar-refractivity contribution in [2.45, 2.75) is 0 Å². The molecule has 0 amide bonds. The van der Waals surface area contributed by atoms with Crippen LogP contribution in [0.4, 0.5) is 20.3 Å². The molecule has 0 radical (unpaired) electrons. The van der Waals surface area contributed by atoms with E-state index in [1.807, 2.05) is 0 Å². The minimum absolute atomic E-state index is 0.0559. The molecule has 0 saturated carbocycles. The molecule has 2 aromatic rings. The van der Waals surface area contributed by atoms with Crippen molar-refractivity contribution in [1.82, 2.24) is 4.98 Å². The number of benzene rings is 1. The number of nitrogen functional groups attached to an aromatic ring is 1. The van der Waals surface area contributed by atoms with Gasteiger partial charge in [-0.1, -0.05) is 0 Å². The zero-order valence-corrected chi connectivity index (χ0v) is 8.93. The van der Waals surface area contributed by atoms with E-state index in [0.29, 0.717) is 0 Å². The highest BCUT2D eigenvalue weighted by Gasteiger charge is 2.18. The maximum absolute atomic E-state index is 13.1. The van der Waals surface area contributed by atoms with Gasteiger partial charge in [-0.05, 0) is 24.3 Å². The summed E-state index contributed by atoms with van der Waals surface area (Å²) in [5, 5.41) is 10.8. The number of pyridine rings is 1. The fraction of sp³-hybridized carbons (Fsp3) is 0. The molecule has 2 rings (SSSR count). The van der Waals surface area contributed by atoms with E-state index in [4.69, 9.17) is 5.73 Å². The predicted molar refractivity (Wildman–Crippen MR) is 60.7 cm³/mol. The van der Waals surface area contributed by atoms with Crippen LogP contribution < -0.4 is 5.73 Å². The third-order valence-electron chi connectivity index (χ3n) is 2.29. The minimum Gasteiger partial charge on any atom is -0.384 e. The van der Waals surface area contributed by atoms with Gasteiger partial charge in [0.05, 0.1) is 4.92 Å². The predicted octanol–water partition coefficient (Wildman–Crippen LogP) is 2.52. The second-order valence-electron chi connectivity index (χ2n) is 3.49. The van der Waals surface area contributed by atoms with Gasteiger partial charge in [-0.3, -0.25) is 10.1 Å². The van der Waals surface area contributed by atoms with Crippen molar-refractivity contribution in [3.05, 3.63) is 52.1 Å². The van der Waals surface area contributed by atoms with Gasteiger partial charge in [0.2, 0.25) is 0 Å². The molecule has 0 aliphatic rings. The first-order chi connectivity index (χ1) is 8.49. The number of anilines is 1. The highest BCUT2D eigenvalue weighted by atomic mass is 19.2. The lowest BCUT2D eigenvalue weighted by molar-refractivity contribution is -0.384. The van der Waals surface area contributed by atoms with Gasteiger partial charge in [-0.25, -0.2) is 13.8 Å². The van der Waals surface area contributed by atoms with Crippen LogP contribution in [-0.2, 0) is 0 Å². The summed E-state index contributed by atoms with van der Waals surface area (Å²) in [7, 11) is 0. The summed E-state index contributed by atoms with van der Waals surface area (Å²) in [6.45, 7) is 0. The van der Waals surface area contributed by atoms with E-state index in [1.165, 1.54) is 18.2 Å². The van der Waals surface area contributed by atoms with E-state index in [9.17, 15) is 18.9 Å². The second kappa shape index (κ2) is 4.36. The lowest BCUT2D eigenvalue weighted by Gasteiger charge is -2.04. The van der Waals surface area contributed by atoms with E-state index in [2.05, 4.69) is 4.98 Å². The number of halogens is 2. The molecule has 18 heavy (non-hydrogen) atoms. The Bertz CT molecular complexity index is 632. The van der Waals surface area contributed by atoms with E-state index in [-0.39, 0.29) is 22.8 Å². The van der Waals surface area contributed by atoms with Gasteiger partial charge in [-0.15, -0.1) is 0 Å². The number of hydrogen-bond acceptors (Lipinski definition) is 4. The summed E-state index contributed by atoms with van der Waals surface area (Å²) in [6, 6.07) is 5.34. The molecule has 2 N–H and O–H groups in total. The summed E-state index contributed by atoms with van der Waals surface area (Å²) in [5.41, 5.74) is 5.10. The quantitative estimate of drug-likeness (QED) is 0.656. The molecule has 0 bridgehead atoms. The number of hydrogen-bond donors (Lipinski definition) is 1. The highest BCUT2D eigenvalue weighted by Crippen LogP contribution is 2.29. The van der Waals surface area contributed by atoms with Crippen molar-refractivity contribution in [2.75, 3.05) is 5.73 Å². The molecule has 0 fully saturated rings. The van der Waals surface area contributed by atoms with Crippen LogP contribution in [0.25, 0.3) is 11.3 Å². The highest BCUT2D eigenvalue weighted by molar-refractivity contribution is 5.71. The number of nitrogens with zero attached hydrogens (tertiary/aromatic N) is 2. The van der Waals surface area contributed by atoms with Crippen molar-refractivity contribution in [3.63, 3.8) is 0 Å². The fourth-order valence-corrected chi connectivity index (χ4v) is 1.47. The molecule has 0 aliphatic heterocycles. The molecule has 5 nitrogen and oxygen atoms in total. The average Bonchev–Trinajstić information content (AvgIpc) is 2.32. The largest absolute Gasteiger partial charge is 0.384 e. The molecule has 1 aromatic heterocycles. The topological polar surface area (TPSA) is 82.0 Å². The molecule has 0 aliphatic carbocycles. The Morgan fingerprint density at radius 3 is 2.50 bits per heavy atom. The molecular weight excluding hydrogens is 244 g/mol. The lowest BCUT2D eigenvalue weighted by Crippen LogP contribution is -1.99. The second-order valence-corrected chi connectivity index (χ2v) is 3.49. The first-order valence-electron chi connectivity index (χ1n) is 4.85. The van der Waals surface area contributed by atoms with Crippen LogP contribution in [0, 0.1) is 21.7 Å². The minimum atomic E-state index is -1.11. The summed E-state index contributed by atoms with van der Waals surface area (Å²) in [5.74, 6) is -2.09. The van der Waals surface area contributed by atoms with Crippen LogP contribution in [0.5, 0.6) is 0 Å². The first kappa shape index (κ1) is 11.9. The number of aromatic nitrogens is 1. The van der Waals surface area contributed by atoms with E-state index in [0.717, 1.165) is 12.1 Å². The Morgan fingerprint density at radius 1 is 1.17 bits per heavy atom. The Morgan fingerprint density at radius 2 is 1.89 bits per heavy atom. The van der Waals surface area contributed by atoms with Gasteiger partial charge in [0.15, 0.2) is 17.3 Å². The van der Waals surface area contributed by atoms with Gasteiger partial charge in [0.25, 0.3) is 5.69 Å². The zero-order chi connectivity index (χ0) is 13.3. The van der Waals surface area contributed by atoms with Crippen molar-refractivity contribution in [1.29, 1.82) is 0 Å².